The highest BCUT2D eigenvalue weighted by Gasteiger charge is 2.35. The number of rotatable bonds is 18. The van der Waals surface area contributed by atoms with Crippen molar-refractivity contribution in [2.24, 2.45) is 0 Å². The molecule has 1 atom stereocenters. The molecule has 0 aromatic heterocycles. The smallest absolute Gasteiger partial charge is 0.230 e. The molecule has 3 heteroatoms. The summed E-state index contributed by atoms with van der Waals surface area (Å²) in [5, 5.41) is 0. The molecule has 1 unspecified atom stereocenters. The number of carbonyl (C=O) groups excluding carboxylic acids is 2. The molecule has 29 heavy (non-hydrogen) atoms. The van der Waals surface area contributed by atoms with Crippen LogP contribution in [0.4, 0.5) is 0 Å². The largest absolute Gasteiger partial charge is 0.275 e. The first-order chi connectivity index (χ1) is 14.1. The van der Waals surface area contributed by atoms with E-state index < -0.39 is 0 Å². The van der Waals surface area contributed by atoms with E-state index >= 15 is 0 Å². The van der Waals surface area contributed by atoms with Crippen LogP contribution in [0.3, 0.4) is 0 Å². The van der Waals surface area contributed by atoms with Gasteiger partial charge in [-0.1, -0.05) is 109 Å². The number of allylic oxidation sites excluding steroid dienone is 1. The highest BCUT2D eigenvalue weighted by atomic mass is 16.2. The molecular formula is C26H47NO2. The number of hydrogen-bond acceptors (Lipinski definition) is 2. The van der Waals surface area contributed by atoms with Crippen molar-refractivity contribution in [3.63, 3.8) is 0 Å². The Balaban J connectivity index is 2.25. The van der Waals surface area contributed by atoms with Gasteiger partial charge >= 0.3 is 0 Å². The molecule has 0 aliphatic carbocycles. The lowest BCUT2D eigenvalue weighted by atomic mass is 9.98. The van der Waals surface area contributed by atoms with E-state index in [0.29, 0.717) is 12.8 Å². The number of unbranched alkanes of at least 4 members (excludes halogenated alkanes) is 13. The van der Waals surface area contributed by atoms with Crippen LogP contribution in [0.25, 0.3) is 0 Å². The van der Waals surface area contributed by atoms with Crippen molar-refractivity contribution in [2.75, 3.05) is 0 Å². The van der Waals surface area contributed by atoms with Crippen molar-refractivity contribution in [3.8, 4) is 0 Å². The third kappa shape index (κ3) is 11.0. The number of carbonyl (C=O) groups is 2. The SMILES string of the molecule is CCCCCCCCCCCCCC=C(C)C(CCCCC)N1C(=O)CCC1=O. The Hall–Kier alpha value is -1.12. The zero-order valence-electron chi connectivity index (χ0n) is 19.6. The lowest BCUT2D eigenvalue weighted by molar-refractivity contribution is -0.140. The fourth-order valence-electron chi connectivity index (χ4n) is 4.36. The minimum absolute atomic E-state index is 0.00300. The fraction of sp³-hybridized carbons (Fsp3) is 0.846. The van der Waals surface area contributed by atoms with Gasteiger partial charge in [-0.15, -0.1) is 0 Å². The van der Waals surface area contributed by atoms with Gasteiger partial charge in [-0.3, -0.25) is 14.5 Å². The summed E-state index contributed by atoms with van der Waals surface area (Å²) < 4.78 is 0. The van der Waals surface area contributed by atoms with Crippen LogP contribution >= 0.6 is 0 Å². The lowest BCUT2D eigenvalue weighted by Gasteiger charge is -2.27. The van der Waals surface area contributed by atoms with Gasteiger partial charge in [-0.05, 0) is 26.2 Å². The van der Waals surface area contributed by atoms with Gasteiger partial charge in [0.1, 0.15) is 0 Å². The molecule has 0 N–H and O–H groups in total. The summed E-state index contributed by atoms with van der Waals surface area (Å²) in [4.78, 5) is 26.0. The topological polar surface area (TPSA) is 37.4 Å². The minimum Gasteiger partial charge on any atom is -0.275 e. The molecule has 1 rings (SSSR count). The molecular weight excluding hydrogens is 358 g/mol. The standard InChI is InChI=1S/C26H47NO2/c1-4-6-8-9-10-11-12-13-14-15-16-18-19-23(3)24(20-17-7-5-2)27-25(28)21-22-26(27)29/h19,24H,4-18,20-22H2,1-3H3. The second-order valence-electron chi connectivity index (χ2n) is 8.94. The molecule has 0 aromatic rings. The van der Waals surface area contributed by atoms with Crippen LogP contribution in [0.1, 0.15) is 136 Å². The van der Waals surface area contributed by atoms with Crippen LogP contribution in [0.2, 0.25) is 0 Å². The molecule has 1 heterocycles. The fourth-order valence-corrected chi connectivity index (χ4v) is 4.36. The molecule has 1 saturated heterocycles. The van der Waals surface area contributed by atoms with Gasteiger partial charge in [-0.25, -0.2) is 0 Å². The Morgan fingerprint density at radius 3 is 1.72 bits per heavy atom. The second kappa shape index (κ2) is 16.7. The number of nitrogens with zero attached hydrogens (tertiary/aromatic N) is 1. The summed E-state index contributed by atoms with van der Waals surface area (Å²) in [7, 11) is 0. The Morgan fingerprint density at radius 2 is 1.21 bits per heavy atom. The van der Waals surface area contributed by atoms with Crippen molar-refractivity contribution in [1.82, 2.24) is 4.90 Å². The number of amides is 2. The first-order valence-electron chi connectivity index (χ1n) is 12.6. The van der Waals surface area contributed by atoms with Crippen molar-refractivity contribution in [3.05, 3.63) is 11.6 Å². The van der Waals surface area contributed by atoms with Crippen molar-refractivity contribution >= 4 is 11.8 Å². The Kier molecular flexibility index (Phi) is 14.9. The average Bonchev–Trinajstić information content (AvgIpc) is 3.04. The average molecular weight is 406 g/mol. The Bertz CT molecular complexity index is 467. The van der Waals surface area contributed by atoms with Crippen LogP contribution in [0, 0.1) is 0 Å². The van der Waals surface area contributed by atoms with Gasteiger partial charge < -0.3 is 0 Å². The number of imide groups is 1. The maximum absolute atomic E-state index is 12.2. The van der Waals surface area contributed by atoms with Gasteiger partial charge in [0, 0.05) is 12.8 Å². The molecule has 1 fully saturated rings. The second-order valence-corrected chi connectivity index (χ2v) is 8.94. The van der Waals surface area contributed by atoms with E-state index in [1.165, 1.54) is 82.6 Å². The maximum Gasteiger partial charge on any atom is 0.230 e. The summed E-state index contributed by atoms with van der Waals surface area (Å²) in [6, 6.07) is -0.00300. The Morgan fingerprint density at radius 1 is 0.759 bits per heavy atom. The summed E-state index contributed by atoms with van der Waals surface area (Å²) in [5.74, 6) is 0.0536. The predicted octanol–water partition coefficient (Wildman–Crippen LogP) is 7.73. The molecule has 0 radical (unpaired) electrons. The number of hydrogen-bond donors (Lipinski definition) is 0. The Labute approximate surface area is 180 Å². The summed E-state index contributed by atoms with van der Waals surface area (Å²) in [6.07, 6.45) is 23.5. The van der Waals surface area contributed by atoms with E-state index in [1.807, 2.05) is 0 Å². The monoisotopic (exact) mass is 405 g/mol. The van der Waals surface area contributed by atoms with Crippen molar-refractivity contribution in [1.29, 1.82) is 0 Å². The summed E-state index contributed by atoms with van der Waals surface area (Å²) in [5.41, 5.74) is 1.22. The minimum atomic E-state index is -0.00300. The normalized spacial score (nSPS) is 16.1. The zero-order valence-corrected chi connectivity index (χ0v) is 19.6. The van der Waals surface area contributed by atoms with Crippen LogP contribution in [0.5, 0.6) is 0 Å². The first-order valence-corrected chi connectivity index (χ1v) is 12.6. The van der Waals surface area contributed by atoms with Crippen molar-refractivity contribution < 1.29 is 9.59 Å². The van der Waals surface area contributed by atoms with Gasteiger partial charge in [0.2, 0.25) is 11.8 Å². The molecule has 3 nitrogen and oxygen atoms in total. The maximum atomic E-state index is 12.2. The van der Waals surface area contributed by atoms with E-state index in [2.05, 4.69) is 26.8 Å². The van der Waals surface area contributed by atoms with Gasteiger partial charge in [0.05, 0.1) is 6.04 Å². The predicted molar refractivity (Wildman–Crippen MR) is 124 cm³/mol. The highest BCUT2D eigenvalue weighted by Crippen LogP contribution is 2.25. The third-order valence-electron chi connectivity index (χ3n) is 6.28. The quantitative estimate of drug-likeness (QED) is 0.133. The van der Waals surface area contributed by atoms with Crippen LogP contribution in [0.15, 0.2) is 11.6 Å². The van der Waals surface area contributed by atoms with Gasteiger partial charge in [-0.2, -0.15) is 0 Å². The van der Waals surface area contributed by atoms with E-state index in [1.54, 1.807) is 4.90 Å². The van der Waals surface area contributed by atoms with Crippen LogP contribution in [-0.4, -0.2) is 22.8 Å². The molecule has 1 aliphatic rings. The summed E-state index contributed by atoms with van der Waals surface area (Å²) in [6.45, 7) is 6.58. The van der Waals surface area contributed by atoms with Gasteiger partial charge in [0.15, 0.2) is 0 Å². The molecule has 0 bridgehead atoms. The molecule has 1 aliphatic heterocycles. The third-order valence-corrected chi connectivity index (χ3v) is 6.28. The highest BCUT2D eigenvalue weighted by molar-refractivity contribution is 6.02. The lowest BCUT2D eigenvalue weighted by Crippen LogP contribution is -2.40. The van der Waals surface area contributed by atoms with E-state index in [0.717, 1.165) is 25.7 Å². The van der Waals surface area contributed by atoms with Gasteiger partial charge in [0.25, 0.3) is 0 Å². The zero-order chi connectivity index (χ0) is 21.3. The summed E-state index contributed by atoms with van der Waals surface area (Å²) >= 11 is 0. The molecule has 168 valence electrons. The van der Waals surface area contributed by atoms with Crippen LogP contribution in [-0.2, 0) is 9.59 Å². The molecule has 0 spiro atoms. The van der Waals surface area contributed by atoms with E-state index in [9.17, 15) is 9.59 Å². The number of likely N-dealkylation sites (tertiary alicyclic amines) is 1. The van der Waals surface area contributed by atoms with Crippen molar-refractivity contribution in [2.45, 2.75) is 142 Å². The first kappa shape index (κ1) is 25.9. The molecule has 0 aromatic carbocycles. The van der Waals surface area contributed by atoms with E-state index in [-0.39, 0.29) is 17.9 Å². The van der Waals surface area contributed by atoms with E-state index in [4.69, 9.17) is 0 Å². The molecule has 2 amide bonds. The molecule has 0 saturated carbocycles. The van der Waals surface area contributed by atoms with Crippen LogP contribution < -0.4 is 0 Å².